The van der Waals surface area contributed by atoms with Gasteiger partial charge in [0, 0.05) is 0 Å². The lowest BCUT2D eigenvalue weighted by molar-refractivity contribution is 0.0690. The monoisotopic (exact) mass is 280 g/mol. The maximum atomic E-state index is 12.3. The van der Waals surface area contributed by atoms with Gasteiger partial charge in [0.2, 0.25) is 5.89 Å². The van der Waals surface area contributed by atoms with Gasteiger partial charge in [0.15, 0.2) is 5.69 Å². The van der Waals surface area contributed by atoms with Crippen LogP contribution < -0.4 is 5.69 Å². The largest absolute Gasteiger partial charge is 0.476 e. The highest BCUT2D eigenvalue weighted by Gasteiger charge is 2.22. The Balaban J connectivity index is 2.37. The predicted molar refractivity (Wildman–Crippen MR) is 68.8 cm³/mol. The first-order valence-electron chi connectivity index (χ1n) is 6.05. The van der Waals surface area contributed by atoms with Gasteiger partial charge in [-0.2, -0.15) is 5.10 Å². The van der Waals surface area contributed by atoms with Crippen LogP contribution in [0, 0.1) is 6.92 Å². The predicted octanol–water partition coefficient (Wildman–Crippen LogP) is 0.843. The molecule has 0 amide bonds. The summed E-state index contributed by atoms with van der Waals surface area (Å²) in [5, 5.41) is 13.0. The molecular weight excluding hydrogens is 264 g/mol. The lowest BCUT2D eigenvalue weighted by Crippen LogP contribution is -2.36. The molecular formula is C12H16N4O4. The normalized spacial score (nSPS) is 11.8. The highest BCUT2D eigenvalue weighted by atomic mass is 16.4. The summed E-state index contributed by atoms with van der Waals surface area (Å²) in [6, 6.07) is 0. The van der Waals surface area contributed by atoms with Crippen molar-refractivity contribution in [3.05, 3.63) is 34.2 Å². The van der Waals surface area contributed by atoms with Crippen molar-refractivity contribution < 1.29 is 14.3 Å². The number of carboxylic acid groups (broad SMARTS) is 1. The summed E-state index contributed by atoms with van der Waals surface area (Å²) in [5.74, 6) is -0.504. The summed E-state index contributed by atoms with van der Waals surface area (Å²) in [7, 11) is 0. The maximum absolute atomic E-state index is 12.3. The fourth-order valence-electron chi connectivity index (χ4n) is 1.73. The number of hydrogen-bond acceptors (Lipinski definition) is 5. The van der Waals surface area contributed by atoms with Gasteiger partial charge in [-0.1, -0.05) is 0 Å². The van der Waals surface area contributed by atoms with Gasteiger partial charge < -0.3 is 9.52 Å². The molecule has 0 aromatic carbocycles. The number of nitrogens with zero attached hydrogens (tertiary/aromatic N) is 4. The quantitative estimate of drug-likeness (QED) is 0.893. The molecule has 0 saturated heterocycles. The SMILES string of the molecule is Cc1nn(C(C)(C)C)c(=O)n1Cc1nc(C(=O)O)co1. The van der Waals surface area contributed by atoms with Crippen molar-refractivity contribution in [2.45, 2.75) is 39.8 Å². The molecule has 0 spiro atoms. The summed E-state index contributed by atoms with van der Waals surface area (Å²) in [4.78, 5) is 26.8. The third kappa shape index (κ3) is 2.49. The third-order valence-electron chi connectivity index (χ3n) is 2.75. The summed E-state index contributed by atoms with van der Waals surface area (Å²) >= 11 is 0. The Kier molecular flexibility index (Phi) is 3.24. The van der Waals surface area contributed by atoms with Gasteiger partial charge in [0.1, 0.15) is 18.6 Å². The van der Waals surface area contributed by atoms with Crippen LogP contribution >= 0.6 is 0 Å². The minimum Gasteiger partial charge on any atom is -0.476 e. The average molecular weight is 280 g/mol. The van der Waals surface area contributed by atoms with Gasteiger partial charge in [0.05, 0.1) is 5.54 Å². The Morgan fingerprint density at radius 3 is 2.55 bits per heavy atom. The molecule has 0 aliphatic heterocycles. The zero-order valence-electron chi connectivity index (χ0n) is 11.7. The zero-order valence-corrected chi connectivity index (χ0v) is 11.7. The van der Waals surface area contributed by atoms with Gasteiger partial charge in [-0.15, -0.1) is 0 Å². The van der Waals surface area contributed by atoms with Crippen LogP contribution in [0.15, 0.2) is 15.5 Å². The Labute approximate surface area is 114 Å². The van der Waals surface area contributed by atoms with E-state index in [1.807, 2.05) is 20.8 Å². The van der Waals surface area contributed by atoms with Gasteiger partial charge in [-0.25, -0.2) is 19.3 Å². The molecule has 2 rings (SSSR count). The number of aryl methyl sites for hydroxylation is 1. The minimum absolute atomic E-state index is 0.0496. The average Bonchev–Trinajstić information content (AvgIpc) is 2.88. The van der Waals surface area contributed by atoms with Crippen molar-refractivity contribution in [2.24, 2.45) is 0 Å². The molecule has 108 valence electrons. The Morgan fingerprint density at radius 2 is 2.10 bits per heavy atom. The van der Waals surface area contributed by atoms with E-state index in [1.54, 1.807) is 6.92 Å². The van der Waals surface area contributed by atoms with E-state index in [9.17, 15) is 9.59 Å². The molecule has 0 aliphatic carbocycles. The molecule has 20 heavy (non-hydrogen) atoms. The molecule has 8 nitrogen and oxygen atoms in total. The van der Waals surface area contributed by atoms with Gasteiger partial charge in [-0.05, 0) is 27.7 Å². The van der Waals surface area contributed by atoms with E-state index in [2.05, 4.69) is 10.1 Å². The highest BCUT2D eigenvalue weighted by Crippen LogP contribution is 2.10. The standard InChI is InChI=1S/C12H16N4O4/c1-7-14-16(12(2,3)4)11(19)15(7)5-9-13-8(6-20-9)10(17)18/h6H,5H2,1-4H3,(H,17,18). The molecule has 0 atom stereocenters. The summed E-state index contributed by atoms with van der Waals surface area (Å²) in [5.41, 5.74) is -0.908. The number of rotatable bonds is 3. The highest BCUT2D eigenvalue weighted by molar-refractivity contribution is 5.84. The first kappa shape index (κ1) is 14.0. The lowest BCUT2D eigenvalue weighted by atomic mass is 10.1. The van der Waals surface area contributed by atoms with E-state index in [0.717, 1.165) is 6.26 Å². The lowest BCUT2D eigenvalue weighted by Gasteiger charge is -2.16. The third-order valence-corrected chi connectivity index (χ3v) is 2.75. The summed E-state index contributed by atoms with van der Waals surface area (Å²) < 4.78 is 7.82. The Bertz CT molecular complexity index is 702. The van der Waals surface area contributed by atoms with E-state index in [0.29, 0.717) is 5.82 Å². The van der Waals surface area contributed by atoms with E-state index >= 15 is 0 Å². The minimum atomic E-state index is -1.17. The number of carboxylic acids is 1. The summed E-state index contributed by atoms with van der Waals surface area (Å²) in [6.45, 7) is 7.37. The van der Waals surface area contributed by atoms with Crippen LogP contribution in [0.1, 0.15) is 43.0 Å². The molecule has 2 aromatic rings. The molecule has 1 N–H and O–H groups in total. The molecule has 0 fully saturated rings. The van der Waals surface area contributed by atoms with Crippen molar-refractivity contribution in [2.75, 3.05) is 0 Å². The molecule has 2 aromatic heterocycles. The fraction of sp³-hybridized carbons (Fsp3) is 0.500. The van der Waals surface area contributed by atoms with Crippen LogP contribution in [0.3, 0.4) is 0 Å². The number of hydrogen-bond donors (Lipinski definition) is 1. The number of oxazole rings is 1. The second kappa shape index (κ2) is 4.62. The van der Waals surface area contributed by atoms with Crippen molar-refractivity contribution in [3.63, 3.8) is 0 Å². The number of carbonyl (C=O) groups is 1. The van der Waals surface area contributed by atoms with Crippen molar-refractivity contribution in [1.29, 1.82) is 0 Å². The van der Waals surface area contributed by atoms with E-state index in [-0.39, 0.29) is 23.8 Å². The van der Waals surface area contributed by atoms with Crippen LogP contribution in [0.25, 0.3) is 0 Å². The van der Waals surface area contributed by atoms with Crippen LogP contribution in [0.5, 0.6) is 0 Å². The van der Waals surface area contributed by atoms with E-state index in [1.165, 1.54) is 9.25 Å². The zero-order chi connectivity index (χ0) is 15.1. The topological polar surface area (TPSA) is 103 Å². The fourth-order valence-corrected chi connectivity index (χ4v) is 1.73. The summed E-state index contributed by atoms with van der Waals surface area (Å²) in [6.07, 6.45) is 1.05. The van der Waals surface area contributed by atoms with Gasteiger partial charge in [0.25, 0.3) is 0 Å². The number of aromatic carboxylic acids is 1. The van der Waals surface area contributed by atoms with Crippen LogP contribution in [-0.2, 0) is 12.1 Å². The molecule has 0 saturated carbocycles. The van der Waals surface area contributed by atoms with E-state index < -0.39 is 11.5 Å². The Morgan fingerprint density at radius 1 is 1.45 bits per heavy atom. The molecule has 0 radical (unpaired) electrons. The second-order valence-corrected chi connectivity index (χ2v) is 5.43. The second-order valence-electron chi connectivity index (χ2n) is 5.43. The maximum Gasteiger partial charge on any atom is 0.357 e. The molecule has 0 aliphatic rings. The smallest absolute Gasteiger partial charge is 0.357 e. The van der Waals surface area contributed by atoms with Crippen LogP contribution in [0.2, 0.25) is 0 Å². The van der Waals surface area contributed by atoms with Gasteiger partial charge >= 0.3 is 11.7 Å². The molecule has 0 bridgehead atoms. The number of aromatic nitrogens is 4. The molecule has 8 heteroatoms. The molecule has 0 unspecified atom stereocenters. The first-order chi connectivity index (χ1) is 9.20. The van der Waals surface area contributed by atoms with Crippen molar-refractivity contribution >= 4 is 5.97 Å². The van der Waals surface area contributed by atoms with Gasteiger partial charge in [-0.3, -0.25) is 4.57 Å². The van der Waals surface area contributed by atoms with Crippen molar-refractivity contribution in [3.8, 4) is 0 Å². The molecule has 2 heterocycles. The van der Waals surface area contributed by atoms with Crippen molar-refractivity contribution in [1.82, 2.24) is 19.3 Å². The Hall–Kier alpha value is -2.38. The van der Waals surface area contributed by atoms with Crippen LogP contribution in [0.4, 0.5) is 0 Å². The van der Waals surface area contributed by atoms with E-state index in [4.69, 9.17) is 9.52 Å². The van der Waals surface area contributed by atoms with Crippen LogP contribution in [-0.4, -0.2) is 30.4 Å². The first-order valence-corrected chi connectivity index (χ1v) is 6.05.